The van der Waals surface area contributed by atoms with E-state index in [9.17, 15) is 14.7 Å². The first kappa shape index (κ1) is 37.6. The van der Waals surface area contributed by atoms with Gasteiger partial charge in [0.25, 0.3) is 0 Å². The quantitative estimate of drug-likeness (QED) is 0.268. The SMILES string of the molecule is CC(C)[C@@H]1CC[C@@H](C)C[C@H]1OC(=O)[C@@H]1OC(O)CS1.CC(C)[C@@H]1CC[C@@H](C)C[C@H]1OC(=O)[C@@H]1O[CH-]CS1.[CH3-].[Y]. The average Bonchev–Trinajstić information content (AvgIpc) is 3.51. The molecule has 0 aromatic rings. The molecule has 1 N–H and O–H groups in total. The number of hydrogen-bond acceptors (Lipinski definition) is 9. The van der Waals surface area contributed by atoms with Gasteiger partial charge in [0.05, 0.1) is 0 Å². The van der Waals surface area contributed by atoms with Crippen molar-refractivity contribution in [1.82, 2.24) is 0 Å². The number of hydrogen-bond donors (Lipinski definition) is 1. The van der Waals surface area contributed by atoms with Gasteiger partial charge in [0, 0.05) is 38.5 Å². The van der Waals surface area contributed by atoms with Crippen LogP contribution < -0.4 is 0 Å². The van der Waals surface area contributed by atoms with Crippen LogP contribution in [0.4, 0.5) is 0 Å². The molecule has 2 heterocycles. The van der Waals surface area contributed by atoms with E-state index in [0.717, 1.165) is 25.0 Å². The molecule has 2 saturated heterocycles. The van der Waals surface area contributed by atoms with Crippen LogP contribution in [0.25, 0.3) is 0 Å². The molecule has 1 radical (unpaired) electrons. The second kappa shape index (κ2) is 18.3. The van der Waals surface area contributed by atoms with Gasteiger partial charge in [-0.25, -0.2) is 16.2 Å². The Morgan fingerprint density at radius 1 is 0.846 bits per heavy atom. The molecule has 4 fully saturated rings. The molecule has 2 saturated carbocycles. The van der Waals surface area contributed by atoms with Gasteiger partial charge < -0.3 is 31.5 Å². The Bertz CT molecular complexity index is 734. The number of rotatable bonds is 6. The van der Waals surface area contributed by atoms with Crippen molar-refractivity contribution in [2.24, 2.45) is 35.5 Å². The van der Waals surface area contributed by atoms with Gasteiger partial charge in [-0.05, 0) is 61.2 Å². The van der Waals surface area contributed by atoms with Crippen LogP contribution in [-0.2, 0) is 61.2 Å². The van der Waals surface area contributed by atoms with Crippen molar-refractivity contribution >= 4 is 35.5 Å². The number of carbonyl (C=O) groups excluding carboxylic acids is 2. The maximum Gasteiger partial charge on any atom is 0.346 e. The third-order valence-corrected chi connectivity index (χ3v) is 10.1. The van der Waals surface area contributed by atoms with Gasteiger partial charge in [0.2, 0.25) is 5.44 Å². The summed E-state index contributed by atoms with van der Waals surface area (Å²) in [4.78, 5) is 24.1. The summed E-state index contributed by atoms with van der Waals surface area (Å²) in [7, 11) is 0. The number of aliphatic hydroxyl groups excluding tert-OH is 1. The van der Waals surface area contributed by atoms with Gasteiger partial charge in [-0.15, -0.1) is 17.5 Å². The van der Waals surface area contributed by atoms with Crippen molar-refractivity contribution in [3.63, 3.8) is 0 Å². The smallest absolute Gasteiger partial charge is 0.346 e. The van der Waals surface area contributed by atoms with Crippen LogP contribution in [0.2, 0.25) is 0 Å². The number of thioether (sulfide) groups is 2. The summed E-state index contributed by atoms with van der Waals surface area (Å²) < 4.78 is 21.8. The molecule has 0 spiro atoms. The number of aliphatic hydroxyl groups is 1. The number of esters is 2. The van der Waals surface area contributed by atoms with Crippen LogP contribution >= 0.6 is 23.5 Å². The molecule has 225 valence electrons. The molecule has 7 nitrogen and oxygen atoms in total. The van der Waals surface area contributed by atoms with Crippen LogP contribution in [0.15, 0.2) is 0 Å². The van der Waals surface area contributed by atoms with Crippen LogP contribution in [0, 0.1) is 49.5 Å². The van der Waals surface area contributed by atoms with Gasteiger partial charge in [-0.3, -0.25) is 0 Å². The first-order valence-electron chi connectivity index (χ1n) is 14.0. The zero-order valence-corrected chi connectivity index (χ0v) is 29.3. The first-order chi connectivity index (χ1) is 17.5. The maximum absolute atomic E-state index is 12.1. The zero-order valence-electron chi connectivity index (χ0n) is 24.9. The fourth-order valence-corrected chi connectivity index (χ4v) is 7.34. The molecular formula is C29H50O7S2Y-2. The molecule has 0 aromatic heterocycles. The van der Waals surface area contributed by atoms with E-state index in [1.165, 1.54) is 42.8 Å². The zero-order chi connectivity index (χ0) is 27.1. The Balaban J connectivity index is 0.000000371. The maximum atomic E-state index is 12.1. The predicted molar refractivity (Wildman–Crippen MR) is 154 cm³/mol. The van der Waals surface area contributed by atoms with Crippen molar-refractivity contribution in [2.75, 3.05) is 11.5 Å². The van der Waals surface area contributed by atoms with E-state index in [4.69, 9.17) is 18.9 Å². The normalized spacial score (nSPS) is 36.3. The standard InChI is InChI=1S/C14H24O4S.C14H23O3S.CH3.Y/c1-8(2)10-5-4-9(3)6-11(10)17-13(16)14-18-12(15)7-19-14;1-9(2)11-5-4-10(3)8-12(11)17-13(15)14-16-6-7-18-14;;/h8-12,14-15H,4-7H2,1-3H3;6,9-12,14H,4-5,7-8H2,1-3H3;1H3;/q;2*-1;/t9-,10+,11-,12?,14-;10-,11+,12-,14-;;/m11../s1. The Hall–Kier alpha value is 0.624. The van der Waals surface area contributed by atoms with E-state index in [0.29, 0.717) is 41.3 Å². The van der Waals surface area contributed by atoms with Crippen LogP contribution in [-0.4, -0.2) is 57.9 Å². The minimum atomic E-state index is -0.839. The number of carbonyl (C=O) groups is 2. The molecule has 4 aliphatic rings. The fraction of sp³-hybridized carbons (Fsp3) is 0.862. The fourth-order valence-electron chi connectivity index (χ4n) is 5.84. The topological polar surface area (TPSA) is 91.3 Å². The van der Waals surface area contributed by atoms with Gasteiger partial charge >= 0.3 is 11.9 Å². The van der Waals surface area contributed by atoms with Crippen molar-refractivity contribution in [1.29, 1.82) is 0 Å². The second-order valence-corrected chi connectivity index (χ2v) is 14.0. The van der Waals surface area contributed by atoms with Gasteiger partial charge in [0.1, 0.15) is 12.2 Å². The average molecular weight is 664 g/mol. The predicted octanol–water partition coefficient (Wildman–Crippen LogP) is 6.09. The first-order valence-corrected chi connectivity index (χ1v) is 16.1. The van der Waals surface area contributed by atoms with E-state index >= 15 is 0 Å². The summed E-state index contributed by atoms with van der Waals surface area (Å²) in [5.74, 6) is 3.98. The van der Waals surface area contributed by atoms with Crippen LogP contribution in [0.1, 0.15) is 80.1 Å². The summed E-state index contributed by atoms with van der Waals surface area (Å²) in [6.45, 7) is 14.9. The van der Waals surface area contributed by atoms with Crippen molar-refractivity contribution < 1.29 is 66.4 Å². The van der Waals surface area contributed by atoms with Crippen LogP contribution in [0.3, 0.4) is 0 Å². The second-order valence-electron chi connectivity index (χ2n) is 11.8. The van der Waals surface area contributed by atoms with Gasteiger partial charge in [0.15, 0.2) is 11.7 Å². The molecule has 0 amide bonds. The van der Waals surface area contributed by atoms with E-state index in [2.05, 4.69) is 41.5 Å². The molecule has 2 aliphatic heterocycles. The van der Waals surface area contributed by atoms with Crippen molar-refractivity contribution in [3.05, 3.63) is 14.0 Å². The van der Waals surface area contributed by atoms with Gasteiger partial charge in [-0.2, -0.15) is 11.8 Å². The number of ether oxygens (including phenoxy) is 4. The Kier molecular flexibility index (Phi) is 17.7. The summed E-state index contributed by atoms with van der Waals surface area (Å²) in [5, 5.41) is 9.29. The van der Waals surface area contributed by atoms with E-state index in [1.807, 2.05) is 0 Å². The monoisotopic (exact) mass is 663 g/mol. The van der Waals surface area contributed by atoms with E-state index in [-0.39, 0.29) is 64.3 Å². The minimum Gasteiger partial charge on any atom is -0.533 e. The molecule has 9 atom stereocenters. The molecule has 4 rings (SSSR count). The summed E-state index contributed by atoms with van der Waals surface area (Å²) in [5.41, 5.74) is -1.09. The van der Waals surface area contributed by atoms with Gasteiger partial charge in [-0.1, -0.05) is 54.4 Å². The van der Waals surface area contributed by atoms with Crippen LogP contribution in [0.5, 0.6) is 0 Å². The van der Waals surface area contributed by atoms with E-state index in [1.54, 1.807) is 6.61 Å². The third kappa shape index (κ3) is 11.7. The Morgan fingerprint density at radius 2 is 1.33 bits per heavy atom. The molecular weight excluding hydrogens is 613 g/mol. The molecule has 0 aromatic carbocycles. The molecule has 39 heavy (non-hydrogen) atoms. The molecule has 1 unspecified atom stereocenters. The largest absolute Gasteiger partial charge is 0.533 e. The summed E-state index contributed by atoms with van der Waals surface area (Å²) in [6.07, 6.45) is 5.92. The molecule has 0 bridgehead atoms. The third-order valence-electron chi connectivity index (χ3n) is 8.05. The summed E-state index contributed by atoms with van der Waals surface area (Å²) in [6, 6.07) is 0. The van der Waals surface area contributed by atoms with Crippen molar-refractivity contribution in [2.45, 2.75) is 109 Å². The minimum absolute atomic E-state index is 0. The molecule has 2 aliphatic carbocycles. The molecule has 10 heteroatoms. The Labute approximate surface area is 270 Å². The van der Waals surface area contributed by atoms with Crippen molar-refractivity contribution in [3.8, 4) is 0 Å². The Morgan fingerprint density at radius 3 is 1.72 bits per heavy atom. The summed E-state index contributed by atoms with van der Waals surface area (Å²) >= 11 is 2.81. The van der Waals surface area contributed by atoms with E-state index < -0.39 is 17.2 Å².